The van der Waals surface area contributed by atoms with Gasteiger partial charge in [-0.25, -0.2) is 0 Å². The molecule has 0 amide bonds. The van der Waals surface area contributed by atoms with Crippen molar-refractivity contribution in [1.29, 1.82) is 0 Å². The fraction of sp³-hybridized carbons (Fsp3) is 0.200. The van der Waals surface area contributed by atoms with Crippen molar-refractivity contribution in [3.05, 3.63) is 74.6 Å². The molecule has 1 aliphatic heterocycles. The normalized spacial score (nSPS) is 26.7. The van der Waals surface area contributed by atoms with Crippen molar-refractivity contribution in [3.63, 3.8) is 0 Å². The summed E-state index contributed by atoms with van der Waals surface area (Å²) in [4.78, 5) is 10.2. The number of benzene rings is 2. The second kappa shape index (κ2) is 5.15. The first-order valence-corrected chi connectivity index (χ1v) is 6.85. The van der Waals surface area contributed by atoms with Gasteiger partial charge in [-0.1, -0.05) is 24.3 Å². The number of nitrogens with zero attached hydrogens (tertiary/aromatic N) is 1. The van der Waals surface area contributed by atoms with Crippen molar-refractivity contribution >= 4 is 17.1 Å². The zero-order valence-electron chi connectivity index (χ0n) is 11.9. The van der Waals surface area contributed by atoms with Crippen molar-refractivity contribution in [1.82, 2.24) is 0 Å². The van der Waals surface area contributed by atoms with Gasteiger partial charge in [-0.05, 0) is 5.56 Å². The fourth-order valence-corrected chi connectivity index (χ4v) is 2.88. The number of quaternary nitrogens is 2. The van der Waals surface area contributed by atoms with E-state index < -0.39 is 10.6 Å². The maximum absolute atomic E-state index is 12.6. The average Bonchev–Trinajstić information content (AvgIpc) is 2.70. The molecule has 22 heavy (non-hydrogen) atoms. The quantitative estimate of drug-likeness (QED) is 0.492. The van der Waals surface area contributed by atoms with Gasteiger partial charge in [0.25, 0.3) is 5.69 Å². The first-order valence-electron chi connectivity index (χ1n) is 6.85. The second-order valence-electron chi connectivity index (χ2n) is 5.64. The van der Waals surface area contributed by atoms with Crippen LogP contribution in [-0.4, -0.2) is 10.6 Å². The summed E-state index contributed by atoms with van der Waals surface area (Å²) < 4.78 is 0. The molecule has 0 bridgehead atoms. The van der Waals surface area contributed by atoms with Gasteiger partial charge < -0.3 is 10.4 Å². The first kappa shape index (κ1) is 14.6. The first-order chi connectivity index (χ1) is 10.4. The topological polar surface area (TPSA) is 98.1 Å². The van der Waals surface area contributed by atoms with Crippen molar-refractivity contribution < 1.29 is 15.0 Å². The Bertz CT molecular complexity index is 688. The molecule has 2 aromatic rings. The van der Waals surface area contributed by atoms with Gasteiger partial charge in [0, 0.05) is 31.2 Å². The third-order valence-corrected chi connectivity index (χ3v) is 4.12. The number of hydrogen-bond acceptors (Lipinski definition) is 4. The zero-order valence-corrected chi connectivity index (χ0v) is 11.9. The van der Waals surface area contributed by atoms with Gasteiger partial charge in [-0.15, -0.1) is 0 Å². The molecule has 0 spiro atoms. The average molecular weight is 301 g/mol. The van der Waals surface area contributed by atoms with Gasteiger partial charge in [-0.2, -0.15) is 0 Å². The molecule has 0 fully saturated rings. The third-order valence-electron chi connectivity index (χ3n) is 4.12. The highest BCUT2D eigenvalue weighted by molar-refractivity contribution is 5.53. The Balaban J connectivity index is 1.90. The highest BCUT2D eigenvalue weighted by Gasteiger charge is 2.48. The van der Waals surface area contributed by atoms with E-state index in [-0.39, 0.29) is 22.2 Å². The Morgan fingerprint density at radius 3 is 1.95 bits per heavy atom. The minimum absolute atomic E-state index is 0.0127. The third kappa shape index (κ3) is 2.16. The molecule has 1 aliphatic rings. The van der Waals surface area contributed by atoms with E-state index in [4.69, 9.17) is 0 Å². The van der Waals surface area contributed by atoms with Crippen LogP contribution in [0.2, 0.25) is 0 Å². The summed E-state index contributed by atoms with van der Waals surface area (Å²) in [5.41, 5.74) is 0.484. The van der Waals surface area contributed by atoms with Crippen molar-refractivity contribution in [3.8, 4) is 0 Å². The van der Waals surface area contributed by atoms with E-state index in [1.54, 1.807) is 43.3 Å². The van der Waals surface area contributed by atoms with Gasteiger partial charge >= 0.3 is 0 Å². The Hall–Kier alpha value is -2.32. The van der Waals surface area contributed by atoms with Crippen LogP contribution in [0.5, 0.6) is 0 Å². The number of hydrogen-bond donors (Lipinski definition) is 2. The Labute approximate surface area is 126 Å². The van der Waals surface area contributed by atoms with Crippen LogP contribution >= 0.6 is 0 Å². The molecule has 0 aromatic heterocycles. The van der Waals surface area contributed by atoms with Crippen LogP contribution in [0.4, 0.5) is 17.1 Å². The van der Waals surface area contributed by atoms with Gasteiger partial charge in [0.2, 0.25) is 5.66 Å². The molecular weight excluding hydrogens is 286 g/mol. The number of nitrogens with one attached hydrogen (secondary N) is 2. The summed E-state index contributed by atoms with van der Waals surface area (Å²) >= 11 is 0. The Morgan fingerprint density at radius 1 is 1.00 bits per heavy atom. The highest BCUT2D eigenvalue weighted by Crippen LogP contribution is 2.23. The van der Waals surface area contributed by atoms with E-state index in [1.165, 1.54) is 12.1 Å². The monoisotopic (exact) mass is 301 g/mol. The van der Waals surface area contributed by atoms with Crippen LogP contribution < -0.4 is 10.1 Å². The lowest BCUT2D eigenvalue weighted by molar-refractivity contribution is -1.03. The lowest BCUT2D eigenvalue weighted by Gasteiger charge is -2.38. The predicted octanol–water partition coefficient (Wildman–Crippen LogP) is 0.596. The number of nitro groups is 1. The number of non-ortho nitro benzene ring substituents is 1. The smallest absolute Gasteiger partial charge is 0.269 e. The molecule has 2 atom stereocenters. The molecule has 0 saturated carbocycles. The molecular formula is C15H15N3O4. The Morgan fingerprint density at radius 2 is 1.50 bits per heavy atom. The lowest BCUT2D eigenvalue weighted by Crippen LogP contribution is -3.29. The minimum Gasteiger partial charge on any atom is -0.624 e. The maximum Gasteiger partial charge on any atom is 0.269 e. The summed E-state index contributed by atoms with van der Waals surface area (Å²) in [5.74, 6) is 0. The van der Waals surface area contributed by atoms with Crippen LogP contribution in [0.3, 0.4) is 0 Å². The second-order valence-corrected chi connectivity index (χ2v) is 5.64. The summed E-state index contributed by atoms with van der Waals surface area (Å²) in [6.45, 7) is 1.64. The summed E-state index contributed by atoms with van der Waals surface area (Å²) in [6, 6.07) is 12.8. The molecule has 0 saturated heterocycles. The van der Waals surface area contributed by atoms with Crippen molar-refractivity contribution in [2.45, 2.75) is 19.0 Å². The molecule has 2 unspecified atom stereocenters. The Kier molecular flexibility index (Phi) is 3.42. The lowest BCUT2D eigenvalue weighted by atomic mass is 10.0. The minimum atomic E-state index is -1.14. The van der Waals surface area contributed by atoms with E-state index in [1.807, 2.05) is 0 Å². The number of hydroxylamine groups is 2. The SMILES string of the molecule is CC1(Cc2ccc([N+](=O)[O-])cc2)[NH+]([O-])c2ccccc2[NH+]1[O-]. The molecule has 1 heterocycles. The van der Waals surface area contributed by atoms with Crippen molar-refractivity contribution in [2.75, 3.05) is 0 Å². The van der Waals surface area contributed by atoms with Crippen LogP contribution in [0.1, 0.15) is 12.5 Å². The maximum atomic E-state index is 12.6. The number of rotatable bonds is 3. The highest BCUT2D eigenvalue weighted by atomic mass is 16.6. The number of fused-ring (bicyclic) bond motifs is 1. The largest absolute Gasteiger partial charge is 0.624 e. The molecule has 7 nitrogen and oxygen atoms in total. The molecule has 7 heteroatoms. The molecule has 2 aromatic carbocycles. The number of nitro benzene ring substituents is 1. The molecule has 2 N–H and O–H groups in total. The van der Waals surface area contributed by atoms with E-state index in [2.05, 4.69) is 0 Å². The predicted molar refractivity (Wildman–Crippen MR) is 79.6 cm³/mol. The van der Waals surface area contributed by atoms with Gasteiger partial charge in [0.15, 0.2) is 11.4 Å². The fourth-order valence-electron chi connectivity index (χ4n) is 2.88. The van der Waals surface area contributed by atoms with Crippen molar-refractivity contribution in [2.24, 2.45) is 0 Å². The van der Waals surface area contributed by atoms with E-state index in [0.29, 0.717) is 11.4 Å². The summed E-state index contributed by atoms with van der Waals surface area (Å²) in [5, 5.41) is 35.5. The molecule has 3 rings (SSSR count). The van der Waals surface area contributed by atoms with Crippen LogP contribution in [-0.2, 0) is 6.42 Å². The van der Waals surface area contributed by atoms with Crippen LogP contribution in [0.15, 0.2) is 48.5 Å². The van der Waals surface area contributed by atoms with Gasteiger partial charge in [-0.3, -0.25) is 20.2 Å². The van der Waals surface area contributed by atoms with Gasteiger partial charge in [0.05, 0.1) is 11.3 Å². The van der Waals surface area contributed by atoms with Crippen LogP contribution in [0.25, 0.3) is 0 Å². The van der Waals surface area contributed by atoms with Crippen LogP contribution in [0, 0.1) is 20.5 Å². The molecule has 0 radical (unpaired) electrons. The van der Waals surface area contributed by atoms with E-state index in [0.717, 1.165) is 5.56 Å². The zero-order chi connectivity index (χ0) is 15.9. The number of para-hydroxylation sites is 2. The molecule has 114 valence electrons. The van der Waals surface area contributed by atoms with Gasteiger partial charge in [0.1, 0.15) is 0 Å². The van der Waals surface area contributed by atoms with E-state index in [9.17, 15) is 20.5 Å². The molecule has 0 aliphatic carbocycles. The summed E-state index contributed by atoms with van der Waals surface area (Å²) in [6.07, 6.45) is 0.233. The van der Waals surface area contributed by atoms with E-state index >= 15 is 0 Å². The summed E-state index contributed by atoms with van der Waals surface area (Å²) in [7, 11) is 0. The standard InChI is InChI=1S/C15H15N3O4/c1-15(10-11-6-8-12(9-7-11)18(21)22)16(19)13-4-2-3-5-14(13)17(15)20/h2-9,16-17H,10H2,1H3.